The fourth-order valence-electron chi connectivity index (χ4n) is 3.02. The van der Waals surface area contributed by atoms with E-state index in [-0.39, 0.29) is 17.8 Å². The molecule has 0 bridgehead atoms. The highest BCUT2D eigenvalue weighted by Crippen LogP contribution is 2.22. The summed E-state index contributed by atoms with van der Waals surface area (Å²) in [4.78, 5) is 25.2. The van der Waals surface area contributed by atoms with Gasteiger partial charge in [-0.2, -0.15) is 0 Å². The van der Waals surface area contributed by atoms with Crippen LogP contribution in [-0.4, -0.2) is 45.2 Å². The summed E-state index contributed by atoms with van der Waals surface area (Å²) in [6.45, 7) is 4.86. The largest absolute Gasteiger partial charge is 0.495 e. The number of piperidine rings is 1. The summed E-state index contributed by atoms with van der Waals surface area (Å²) in [6, 6.07) is 7.38. The zero-order chi connectivity index (χ0) is 17.4. The zero-order valence-corrected chi connectivity index (χ0v) is 14.5. The number of quaternary nitrogens is 1. The lowest BCUT2D eigenvalue weighted by atomic mass is 9.97. The van der Waals surface area contributed by atoms with Crippen molar-refractivity contribution in [3.63, 3.8) is 0 Å². The third kappa shape index (κ3) is 5.23. The average molecular weight is 335 g/mol. The second-order valence-corrected chi connectivity index (χ2v) is 6.02. The molecule has 1 aliphatic heterocycles. The Morgan fingerprint density at radius 1 is 1.25 bits per heavy atom. The first kappa shape index (κ1) is 18.3. The number of amides is 1. The maximum atomic E-state index is 12.1. The minimum atomic E-state index is -0.0783. The van der Waals surface area contributed by atoms with E-state index < -0.39 is 0 Å². The van der Waals surface area contributed by atoms with Crippen LogP contribution in [0.5, 0.6) is 5.75 Å². The molecule has 0 unspecified atom stereocenters. The third-order valence-electron chi connectivity index (χ3n) is 4.40. The fraction of sp³-hybridized carbons (Fsp3) is 0.556. The van der Waals surface area contributed by atoms with Gasteiger partial charge in [0.2, 0.25) is 5.91 Å². The number of carbonyl (C=O) groups is 2. The van der Waals surface area contributed by atoms with E-state index in [1.54, 1.807) is 7.11 Å². The smallest absolute Gasteiger partial charge is 0.309 e. The van der Waals surface area contributed by atoms with Crippen LogP contribution in [0.1, 0.15) is 26.2 Å². The van der Waals surface area contributed by atoms with Gasteiger partial charge >= 0.3 is 5.97 Å². The summed E-state index contributed by atoms with van der Waals surface area (Å²) in [7, 11) is 1.59. The van der Waals surface area contributed by atoms with Gasteiger partial charge in [-0.1, -0.05) is 12.1 Å². The van der Waals surface area contributed by atoms with Crippen molar-refractivity contribution in [3.8, 4) is 5.75 Å². The number of anilines is 1. The molecule has 1 fully saturated rings. The van der Waals surface area contributed by atoms with Gasteiger partial charge < -0.3 is 19.7 Å². The minimum absolute atomic E-state index is 0.0143. The van der Waals surface area contributed by atoms with Crippen molar-refractivity contribution in [2.24, 2.45) is 5.92 Å². The predicted octanol–water partition coefficient (Wildman–Crippen LogP) is 0.882. The van der Waals surface area contributed by atoms with Gasteiger partial charge in [0.15, 0.2) is 0 Å². The van der Waals surface area contributed by atoms with Crippen LogP contribution < -0.4 is 15.0 Å². The number of para-hydroxylation sites is 2. The number of carbonyl (C=O) groups excluding carboxylic acids is 2. The summed E-state index contributed by atoms with van der Waals surface area (Å²) in [5.74, 6) is 0.592. The van der Waals surface area contributed by atoms with Crippen molar-refractivity contribution in [2.45, 2.75) is 26.2 Å². The maximum absolute atomic E-state index is 12.1. The van der Waals surface area contributed by atoms with Crippen LogP contribution >= 0.6 is 0 Å². The van der Waals surface area contributed by atoms with Gasteiger partial charge in [0.05, 0.1) is 51.4 Å². The lowest BCUT2D eigenvalue weighted by Crippen LogP contribution is -3.13. The van der Waals surface area contributed by atoms with Crippen molar-refractivity contribution < 1.29 is 24.0 Å². The van der Waals surface area contributed by atoms with E-state index in [1.807, 2.05) is 31.2 Å². The Kier molecular flexibility index (Phi) is 7.06. The number of nitrogens with one attached hydrogen (secondary N) is 2. The maximum Gasteiger partial charge on any atom is 0.309 e. The molecule has 132 valence electrons. The van der Waals surface area contributed by atoms with Crippen LogP contribution in [0, 0.1) is 5.92 Å². The average Bonchev–Trinajstić information content (AvgIpc) is 2.61. The highest BCUT2D eigenvalue weighted by Gasteiger charge is 2.28. The van der Waals surface area contributed by atoms with E-state index in [2.05, 4.69) is 5.32 Å². The molecule has 1 heterocycles. The molecule has 24 heavy (non-hydrogen) atoms. The third-order valence-corrected chi connectivity index (χ3v) is 4.40. The van der Waals surface area contributed by atoms with Crippen molar-refractivity contribution in [1.29, 1.82) is 0 Å². The Labute approximate surface area is 143 Å². The molecule has 1 amide bonds. The first-order valence-corrected chi connectivity index (χ1v) is 8.57. The van der Waals surface area contributed by atoms with Crippen LogP contribution in [0.2, 0.25) is 0 Å². The van der Waals surface area contributed by atoms with Gasteiger partial charge in [0.25, 0.3) is 0 Å². The molecule has 0 spiro atoms. The molecular weight excluding hydrogens is 308 g/mol. The molecule has 1 saturated heterocycles. The monoisotopic (exact) mass is 335 g/mol. The number of likely N-dealkylation sites (tertiary alicyclic amines) is 1. The van der Waals surface area contributed by atoms with Crippen molar-refractivity contribution in [2.75, 3.05) is 38.7 Å². The van der Waals surface area contributed by atoms with E-state index >= 15 is 0 Å². The topological polar surface area (TPSA) is 69.1 Å². The molecule has 6 nitrogen and oxygen atoms in total. The molecule has 0 aliphatic carbocycles. The van der Waals surface area contributed by atoms with Gasteiger partial charge in [-0.05, 0) is 19.1 Å². The van der Waals surface area contributed by atoms with Crippen molar-refractivity contribution in [1.82, 2.24) is 0 Å². The first-order valence-electron chi connectivity index (χ1n) is 8.57. The molecule has 1 aromatic rings. The lowest BCUT2D eigenvalue weighted by Gasteiger charge is -2.27. The van der Waals surface area contributed by atoms with Gasteiger partial charge in [0, 0.05) is 12.8 Å². The van der Waals surface area contributed by atoms with E-state index in [0.717, 1.165) is 32.5 Å². The number of hydrogen-bond acceptors (Lipinski definition) is 4. The molecule has 0 radical (unpaired) electrons. The second kappa shape index (κ2) is 9.27. The summed E-state index contributed by atoms with van der Waals surface area (Å²) >= 11 is 0. The van der Waals surface area contributed by atoms with E-state index in [4.69, 9.17) is 9.47 Å². The SMILES string of the molecule is CCOC(=O)C1CC[NH+](CCC(=O)Nc2ccccc2OC)CC1. The van der Waals surface area contributed by atoms with Gasteiger partial charge in [-0.25, -0.2) is 0 Å². The second-order valence-electron chi connectivity index (χ2n) is 6.02. The Morgan fingerprint density at radius 2 is 1.96 bits per heavy atom. The van der Waals surface area contributed by atoms with E-state index in [0.29, 0.717) is 24.5 Å². The molecular formula is C18H27N2O4+. The molecule has 0 aromatic heterocycles. The number of hydrogen-bond donors (Lipinski definition) is 2. The summed E-state index contributed by atoms with van der Waals surface area (Å²) < 4.78 is 10.3. The van der Waals surface area contributed by atoms with Crippen molar-refractivity contribution >= 4 is 17.6 Å². The Balaban J connectivity index is 1.72. The van der Waals surface area contributed by atoms with Gasteiger partial charge in [-0.3, -0.25) is 9.59 Å². The summed E-state index contributed by atoms with van der Waals surface area (Å²) in [5.41, 5.74) is 0.695. The van der Waals surface area contributed by atoms with Crippen LogP contribution in [-0.2, 0) is 14.3 Å². The van der Waals surface area contributed by atoms with Crippen LogP contribution in [0.4, 0.5) is 5.69 Å². The van der Waals surface area contributed by atoms with Crippen LogP contribution in [0.25, 0.3) is 0 Å². The Bertz CT molecular complexity index is 554. The normalized spacial score (nSPS) is 20.2. The van der Waals surface area contributed by atoms with Crippen molar-refractivity contribution in [3.05, 3.63) is 24.3 Å². The number of methoxy groups -OCH3 is 1. The van der Waals surface area contributed by atoms with Crippen LogP contribution in [0.3, 0.4) is 0 Å². The number of ether oxygens (including phenoxy) is 2. The first-order chi connectivity index (χ1) is 11.6. The summed E-state index contributed by atoms with van der Waals surface area (Å²) in [6.07, 6.45) is 2.13. The number of rotatable bonds is 7. The molecule has 2 N–H and O–H groups in total. The van der Waals surface area contributed by atoms with Gasteiger partial charge in [0.1, 0.15) is 5.75 Å². The van der Waals surface area contributed by atoms with E-state index in [9.17, 15) is 9.59 Å². The number of benzene rings is 1. The fourth-order valence-corrected chi connectivity index (χ4v) is 3.02. The minimum Gasteiger partial charge on any atom is -0.495 e. The highest BCUT2D eigenvalue weighted by atomic mass is 16.5. The Hall–Kier alpha value is -2.08. The summed E-state index contributed by atoms with van der Waals surface area (Å²) in [5, 5.41) is 2.89. The molecule has 0 atom stereocenters. The van der Waals surface area contributed by atoms with E-state index in [1.165, 1.54) is 4.90 Å². The lowest BCUT2D eigenvalue weighted by molar-refractivity contribution is -0.905. The zero-order valence-electron chi connectivity index (χ0n) is 14.5. The standard InChI is InChI=1S/C18H26N2O4/c1-3-24-18(22)14-8-11-20(12-9-14)13-10-17(21)19-15-6-4-5-7-16(15)23-2/h4-7,14H,3,8-13H2,1-2H3,(H,19,21)/p+1. The quantitative estimate of drug-likeness (QED) is 0.726. The molecule has 2 rings (SSSR count). The predicted molar refractivity (Wildman–Crippen MR) is 91.2 cm³/mol. The highest BCUT2D eigenvalue weighted by molar-refractivity contribution is 5.92. The molecule has 6 heteroatoms. The molecule has 0 saturated carbocycles. The van der Waals surface area contributed by atoms with Gasteiger partial charge in [-0.15, -0.1) is 0 Å². The number of esters is 1. The molecule has 1 aromatic carbocycles. The Morgan fingerprint density at radius 3 is 2.62 bits per heavy atom. The van der Waals surface area contributed by atoms with Crippen LogP contribution in [0.15, 0.2) is 24.3 Å². The molecule has 1 aliphatic rings.